The van der Waals surface area contributed by atoms with Gasteiger partial charge in [-0.1, -0.05) is 57.8 Å². The highest BCUT2D eigenvalue weighted by Crippen LogP contribution is 2.38. The fourth-order valence-corrected chi connectivity index (χ4v) is 5.58. The van der Waals surface area contributed by atoms with Crippen LogP contribution in [-0.2, 0) is 13.9 Å². The van der Waals surface area contributed by atoms with E-state index in [1.807, 2.05) is 0 Å². The summed E-state index contributed by atoms with van der Waals surface area (Å²) in [5, 5.41) is 7.98. The summed E-state index contributed by atoms with van der Waals surface area (Å²) in [5.41, 5.74) is 0. The Morgan fingerprint density at radius 2 is 1.07 bits per heavy atom. The summed E-state index contributed by atoms with van der Waals surface area (Å²) < 4.78 is 13.5. The molecule has 3 N–H and O–H groups in total. The minimum atomic E-state index is -4.76. The van der Waals surface area contributed by atoms with Crippen molar-refractivity contribution in [3.63, 3.8) is 0 Å². The second-order valence-corrected chi connectivity index (χ2v) is 9.80. The van der Waals surface area contributed by atoms with Gasteiger partial charge < -0.3 is 9.63 Å². The highest BCUT2D eigenvalue weighted by Gasteiger charge is 2.34. The number of carboxylic acids is 1. The lowest BCUT2D eigenvalue weighted by Crippen LogP contribution is -2.51. The molecule has 0 saturated heterocycles. The molecular weight excluding hydrogens is 393 g/mol. The van der Waals surface area contributed by atoms with Crippen LogP contribution in [0.3, 0.4) is 0 Å². The monoisotopic (exact) mass is 431 g/mol. The van der Waals surface area contributed by atoms with Gasteiger partial charge in [0, 0.05) is 18.1 Å². The topological polar surface area (TPSA) is 107 Å². The summed E-state index contributed by atoms with van der Waals surface area (Å²) >= 11 is 0. The molecule has 8 heteroatoms. The molecule has 0 atom stereocenters. The molecule has 0 aromatic rings. The normalized spacial score (nSPS) is 22.6. The number of carbonyl (C=O) groups is 1. The van der Waals surface area contributed by atoms with Crippen molar-refractivity contribution in [3.05, 3.63) is 12.3 Å². The average Bonchev–Trinajstić information content (AvgIpc) is 2.70. The zero-order chi connectivity index (χ0) is 21.3. The van der Waals surface area contributed by atoms with Crippen molar-refractivity contribution in [1.29, 1.82) is 0 Å². The third kappa shape index (κ3) is 8.79. The molecule has 3 saturated carbocycles. The van der Waals surface area contributed by atoms with Crippen molar-refractivity contribution in [2.24, 2.45) is 0 Å². The van der Waals surface area contributed by atoms with Crippen LogP contribution in [0, 0.1) is 0 Å². The van der Waals surface area contributed by atoms with Gasteiger partial charge in [0.1, 0.15) is 0 Å². The zero-order valence-electron chi connectivity index (χ0n) is 17.5. The van der Waals surface area contributed by atoms with Crippen LogP contribution < -0.4 is 0 Å². The van der Waals surface area contributed by atoms with E-state index < -0.39 is 19.6 Å². The first-order chi connectivity index (χ1) is 13.8. The molecule has 29 heavy (non-hydrogen) atoms. The van der Waals surface area contributed by atoms with Gasteiger partial charge in [0.25, 0.3) is 0 Å². The van der Waals surface area contributed by atoms with Crippen LogP contribution in [-0.4, -0.2) is 43.9 Å². The van der Waals surface area contributed by atoms with Gasteiger partial charge in [0.15, 0.2) is 0 Å². The van der Waals surface area contributed by atoms with Gasteiger partial charge in [0.05, 0.1) is 0 Å². The molecule has 0 amide bonds. The molecule has 3 aliphatic carbocycles. The van der Waals surface area contributed by atoms with E-state index >= 15 is 0 Å². The van der Waals surface area contributed by atoms with Crippen LogP contribution >= 0.6 is 7.82 Å². The van der Waals surface area contributed by atoms with Crippen LogP contribution in [0.25, 0.3) is 0 Å². The van der Waals surface area contributed by atoms with Crippen molar-refractivity contribution < 1.29 is 28.8 Å². The first-order valence-electron chi connectivity index (χ1n) is 11.2. The van der Waals surface area contributed by atoms with Crippen molar-refractivity contribution in [2.45, 2.75) is 114 Å². The second-order valence-electron chi connectivity index (χ2n) is 8.63. The average molecular weight is 432 g/mol. The predicted molar refractivity (Wildman–Crippen MR) is 112 cm³/mol. The Labute approximate surface area is 174 Å². The number of hydrogen-bond donors (Lipinski definition) is 3. The van der Waals surface area contributed by atoms with Gasteiger partial charge in [-0.3, -0.25) is 14.7 Å². The Bertz CT molecular complexity index is 517. The van der Waals surface area contributed by atoms with Crippen molar-refractivity contribution in [2.75, 3.05) is 0 Å². The number of carboxylic acid groups (broad SMARTS) is 1. The number of aliphatic carboxylic acids is 1. The minimum Gasteiger partial charge on any atom is -0.475 e. The van der Waals surface area contributed by atoms with Crippen molar-refractivity contribution >= 4 is 13.8 Å². The molecule has 3 rings (SSSR count). The Balaban J connectivity index is 0.000000257. The Kier molecular flexibility index (Phi) is 10.2. The second kappa shape index (κ2) is 12.1. The molecule has 0 heterocycles. The summed E-state index contributed by atoms with van der Waals surface area (Å²) in [6, 6.07) is 2.87. The first kappa shape index (κ1) is 24.4. The van der Waals surface area contributed by atoms with E-state index in [9.17, 15) is 9.36 Å². The third-order valence-corrected chi connectivity index (χ3v) is 6.91. The summed E-state index contributed by atoms with van der Waals surface area (Å²) in [6.07, 6.45) is 22.5. The van der Waals surface area contributed by atoms with E-state index in [-0.39, 0.29) is 0 Å². The minimum absolute atomic E-state index is 0.958. The molecule has 3 fully saturated rings. The smallest absolute Gasteiger partial charge is 0.475 e. The molecule has 168 valence electrons. The summed E-state index contributed by atoms with van der Waals surface area (Å²) in [6.45, 7) is 2.73. The van der Waals surface area contributed by atoms with Crippen LogP contribution in [0.4, 0.5) is 0 Å². The number of nitrogens with zero attached hydrogens (tertiary/aromatic N) is 1. The molecular formula is C21H38NO6P. The Morgan fingerprint density at radius 3 is 1.28 bits per heavy atom. The zero-order valence-corrected chi connectivity index (χ0v) is 18.4. The van der Waals surface area contributed by atoms with E-state index in [0.717, 1.165) is 18.1 Å². The van der Waals surface area contributed by atoms with Gasteiger partial charge in [-0.2, -0.15) is 0 Å². The van der Waals surface area contributed by atoms with E-state index in [1.165, 1.54) is 96.3 Å². The van der Waals surface area contributed by atoms with Gasteiger partial charge in [-0.25, -0.2) is 9.36 Å². The molecule has 0 spiro atoms. The molecule has 0 aliphatic heterocycles. The number of hydrogen-bond acceptors (Lipinski definition) is 4. The van der Waals surface area contributed by atoms with Gasteiger partial charge in [-0.05, 0) is 45.1 Å². The quantitative estimate of drug-likeness (QED) is 0.309. The van der Waals surface area contributed by atoms with Gasteiger partial charge in [0.2, 0.25) is 5.76 Å². The lowest BCUT2D eigenvalue weighted by Gasteiger charge is -2.47. The number of phosphoric acid groups is 1. The first-order valence-corrected chi connectivity index (χ1v) is 12.8. The van der Waals surface area contributed by atoms with Crippen molar-refractivity contribution in [3.8, 4) is 0 Å². The molecule has 0 aromatic heterocycles. The SMILES string of the molecule is C1CCC(N(C2CCCCC2)C2CCCCC2)CC1.C=C(OP(=O)(O)O)C(=O)O. The Morgan fingerprint density at radius 1 is 0.759 bits per heavy atom. The van der Waals surface area contributed by atoms with Crippen LogP contribution in [0.2, 0.25) is 0 Å². The third-order valence-electron chi connectivity index (χ3n) is 6.46. The lowest BCUT2D eigenvalue weighted by atomic mass is 9.84. The van der Waals surface area contributed by atoms with Crippen molar-refractivity contribution in [1.82, 2.24) is 4.90 Å². The summed E-state index contributed by atoms with van der Waals surface area (Å²) in [7, 11) is -4.76. The van der Waals surface area contributed by atoms with E-state index in [1.54, 1.807) is 0 Å². The van der Waals surface area contributed by atoms with Crippen LogP contribution in [0.1, 0.15) is 96.3 Å². The predicted octanol–water partition coefficient (Wildman–Crippen LogP) is 4.98. The maximum Gasteiger partial charge on any atom is 0.525 e. The molecule has 0 aromatic carbocycles. The molecule has 0 bridgehead atoms. The standard InChI is InChI=1S/C18H33N.C3H5O6P/c1-4-10-16(11-5-1)19(17-12-6-2-7-13-17)18-14-8-3-9-15-18;1-2(3(4)5)9-10(6,7)8/h16-18H,1-15H2;1H2,(H,4,5)(H2,6,7,8). The molecule has 7 nitrogen and oxygen atoms in total. The summed E-state index contributed by atoms with van der Waals surface area (Å²) in [4.78, 5) is 28.9. The summed E-state index contributed by atoms with van der Waals surface area (Å²) in [5.74, 6) is -2.59. The maximum atomic E-state index is 9.89. The fourth-order valence-electron chi connectivity index (χ4n) is 5.21. The van der Waals surface area contributed by atoms with Gasteiger partial charge in [-0.15, -0.1) is 0 Å². The molecule has 0 unspecified atom stereocenters. The van der Waals surface area contributed by atoms with E-state index in [0.29, 0.717) is 0 Å². The van der Waals surface area contributed by atoms with E-state index in [2.05, 4.69) is 16.0 Å². The van der Waals surface area contributed by atoms with Gasteiger partial charge >= 0.3 is 13.8 Å². The largest absolute Gasteiger partial charge is 0.525 e. The Hall–Kier alpha value is -0.880. The number of rotatable bonds is 6. The highest BCUT2D eigenvalue weighted by molar-refractivity contribution is 7.46. The highest BCUT2D eigenvalue weighted by atomic mass is 31.2. The van der Waals surface area contributed by atoms with Crippen LogP contribution in [0.5, 0.6) is 0 Å². The number of phosphoric ester groups is 1. The maximum absolute atomic E-state index is 9.89. The molecule has 3 aliphatic rings. The lowest BCUT2D eigenvalue weighted by molar-refractivity contribution is -0.135. The fraction of sp³-hybridized carbons (Fsp3) is 0.857. The molecule has 0 radical (unpaired) electrons. The van der Waals surface area contributed by atoms with Crippen LogP contribution in [0.15, 0.2) is 12.3 Å². The van der Waals surface area contributed by atoms with E-state index in [4.69, 9.17) is 14.9 Å².